The summed E-state index contributed by atoms with van der Waals surface area (Å²) >= 11 is 1.58. The lowest BCUT2D eigenvalue weighted by Gasteiger charge is -1.96. The second-order valence-corrected chi connectivity index (χ2v) is 4.26. The zero-order valence-corrected chi connectivity index (χ0v) is 10.0. The zero-order valence-electron chi connectivity index (χ0n) is 9.21. The predicted molar refractivity (Wildman–Crippen MR) is 64.2 cm³/mol. The summed E-state index contributed by atoms with van der Waals surface area (Å²) in [5.74, 6) is 0.706. The molecule has 2 aromatic rings. The third-order valence-corrected chi connectivity index (χ3v) is 2.76. The van der Waals surface area contributed by atoms with Crippen LogP contribution in [0.5, 0.6) is 0 Å². The van der Waals surface area contributed by atoms with Crippen LogP contribution < -0.4 is 5.32 Å². The summed E-state index contributed by atoms with van der Waals surface area (Å²) in [4.78, 5) is 12.5. The highest BCUT2D eigenvalue weighted by atomic mass is 32.1. The molecular weight excluding hydrogens is 238 g/mol. The van der Waals surface area contributed by atoms with Crippen molar-refractivity contribution in [2.75, 3.05) is 0 Å². The van der Waals surface area contributed by atoms with Gasteiger partial charge in [-0.2, -0.15) is 0 Å². The summed E-state index contributed by atoms with van der Waals surface area (Å²) in [5.41, 5.74) is 0. The van der Waals surface area contributed by atoms with Crippen molar-refractivity contribution in [1.29, 1.82) is 0 Å². The smallest absolute Gasteiger partial charge is 0.244 e. The van der Waals surface area contributed by atoms with E-state index in [-0.39, 0.29) is 12.5 Å². The number of hydrogen-bond donors (Lipinski definition) is 1. The molecule has 0 radical (unpaired) electrons. The second kappa shape index (κ2) is 5.40. The Hall–Kier alpha value is -1.95. The number of hydrogen-bond acceptors (Lipinski definition) is 5. The van der Waals surface area contributed by atoms with Crippen LogP contribution in [0.4, 0.5) is 0 Å². The average Bonchev–Trinajstić information content (AvgIpc) is 2.95. The molecule has 0 aliphatic carbocycles. The lowest BCUT2D eigenvalue weighted by atomic mass is 10.4. The maximum atomic E-state index is 11.4. The zero-order chi connectivity index (χ0) is 12.1. The molecule has 2 rings (SSSR count). The molecule has 1 N–H and O–H groups in total. The van der Waals surface area contributed by atoms with E-state index in [1.807, 2.05) is 17.5 Å². The minimum Gasteiger partial charge on any atom is -0.424 e. The van der Waals surface area contributed by atoms with E-state index < -0.39 is 0 Å². The van der Waals surface area contributed by atoms with Crippen molar-refractivity contribution in [3.8, 4) is 0 Å². The number of nitrogens with one attached hydrogen (secondary N) is 1. The molecule has 6 heteroatoms. The van der Waals surface area contributed by atoms with Crippen molar-refractivity contribution in [2.45, 2.75) is 13.5 Å². The molecule has 0 unspecified atom stereocenters. The number of amides is 1. The Morgan fingerprint density at radius 2 is 2.47 bits per heavy atom. The van der Waals surface area contributed by atoms with Gasteiger partial charge in [0.25, 0.3) is 0 Å². The fourth-order valence-electron chi connectivity index (χ4n) is 1.17. The van der Waals surface area contributed by atoms with Gasteiger partial charge >= 0.3 is 0 Å². The molecule has 88 valence electrons. The minimum atomic E-state index is -0.186. The molecule has 17 heavy (non-hydrogen) atoms. The molecule has 2 aromatic heterocycles. The predicted octanol–water partition coefficient (Wildman–Crippen LogP) is 1.77. The van der Waals surface area contributed by atoms with Crippen LogP contribution >= 0.6 is 11.3 Å². The van der Waals surface area contributed by atoms with Gasteiger partial charge in [0, 0.05) is 17.9 Å². The maximum absolute atomic E-state index is 11.4. The lowest BCUT2D eigenvalue weighted by molar-refractivity contribution is -0.116. The molecule has 0 aliphatic rings. The number of carbonyl (C=O) groups is 1. The molecule has 1 amide bonds. The van der Waals surface area contributed by atoms with E-state index in [4.69, 9.17) is 4.42 Å². The molecule has 0 fully saturated rings. The van der Waals surface area contributed by atoms with Gasteiger partial charge in [-0.15, -0.1) is 21.5 Å². The van der Waals surface area contributed by atoms with E-state index in [0.717, 1.165) is 4.88 Å². The third-order valence-electron chi connectivity index (χ3n) is 1.92. The van der Waals surface area contributed by atoms with Crippen LogP contribution in [0.25, 0.3) is 6.08 Å². The molecular formula is C11H11N3O2S. The van der Waals surface area contributed by atoms with Crippen LogP contribution in [-0.2, 0) is 11.3 Å². The summed E-state index contributed by atoms with van der Waals surface area (Å²) in [6, 6.07) is 3.87. The molecule has 5 nitrogen and oxygen atoms in total. The first kappa shape index (κ1) is 11.5. The Morgan fingerprint density at radius 1 is 1.59 bits per heavy atom. The first-order valence-corrected chi connectivity index (χ1v) is 5.90. The number of nitrogens with zero attached hydrogens (tertiary/aromatic N) is 2. The molecule has 0 saturated heterocycles. The molecule has 0 atom stereocenters. The van der Waals surface area contributed by atoms with Crippen molar-refractivity contribution in [3.63, 3.8) is 0 Å². The van der Waals surface area contributed by atoms with Crippen LogP contribution in [0, 0.1) is 6.92 Å². The van der Waals surface area contributed by atoms with Crippen LogP contribution in [0.15, 0.2) is 28.0 Å². The summed E-state index contributed by atoms with van der Waals surface area (Å²) in [6.45, 7) is 1.95. The van der Waals surface area contributed by atoms with Gasteiger partial charge in [-0.25, -0.2) is 0 Å². The van der Waals surface area contributed by atoms with E-state index in [2.05, 4.69) is 15.5 Å². The van der Waals surface area contributed by atoms with Crippen LogP contribution in [0.3, 0.4) is 0 Å². The molecule has 0 saturated carbocycles. The standard InChI is InChI=1S/C11H11N3O2S/c1-8-13-14-11(16-8)7-12-10(15)5-4-9-3-2-6-17-9/h2-6H,7H2,1H3,(H,12,15). The summed E-state index contributed by atoms with van der Waals surface area (Å²) in [5, 5.41) is 12.1. The second-order valence-electron chi connectivity index (χ2n) is 3.28. The largest absolute Gasteiger partial charge is 0.424 e. The lowest BCUT2D eigenvalue weighted by Crippen LogP contribution is -2.20. The Labute approximate surface area is 102 Å². The summed E-state index contributed by atoms with van der Waals surface area (Å²) < 4.78 is 5.13. The normalized spacial score (nSPS) is 10.9. The Balaban J connectivity index is 1.82. The highest BCUT2D eigenvalue weighted by Gasteiger charge is 2.02. The van der Waals surface area contributed by atoms with E-state index in [1.165, 1.54) is 6.08 Å². The number of aromatic nitrogens is 2. The van der Waals surface area contributed by atoms with E-state index in [1.54, 1.807) is 24.3 Å². The van der Waals surface area contributed by atoms with Gasteiger partial charge in [0.1, 0.15) is 0 Å². The van der Waals surface area contributed by atoms with Gasteiger partial charge in [0.15, 0.2) is 0 Å². The molecule has 0 bridgehead atoms. The third kappa shape index (κ3) is 3.53. The quantitative estimate of drug-likeness (QED) is 0.838. The molecule has 2 heterocycles. The van der Waals surface area contributed by atoms with Gasteiger partial charge in [0.05, 0.1) is 6.54 Å². The number of aryl methyl sites for hydroxylation is 1. The summed E-state index contributed by atoms with van der Waals surface area (Å²) in [6.07, 6.45) is 3.24. The topological polar surface area (TPSA) is 68.0 Å². The van der Waals surface area contributed by atoms with Crippen LogP contribution in [-0.4, -0.2) is 16.1 Å². The van der Waals surface area contributed by atoms with Crippen molar-refractivity contribution in [1.82, 2.24) is 15.5 Å². The summed E-state index contributed by atoms with van der Waals surface area (Å²) in [7, 11) is 0. The van der Waals surface area contributed by atoms with Gasteiger partial charge in [-0.3, -0.25) is 4.79 Å². The number of carbonyl (C=O) groups excluding carboxylic acids is 1. The first-order valence-electron chi connectivity index (χ1n) is 5.02. The highest BCUT2D eigenvalue weighted by Crippen LogP contribution is 2.09. The van der Waals surface area contributed by atoms with Crippen LogP contribution in [0.1, 0.15) is 16.7 Å². The van der Waals surface area contributed by atoms with Gasteiger partial charge in [0.2, 0.25) is 17.7 Å². The van der Waals surface area contributed by atoms with Gasteiger partial charge in [-0.05, 0) is 17.5 Å². The van der Waals surface area contributed by atoms with Gasteiger partial charge in [-0.1, -0.05) is 6.07 Å². The Kier molecular flexibility index (Phi) is 3.66. The van der Waals surface area contributed by atoms with Gasteiger partial charge < -0.3 is 9.73 Å². The van der Waals surface area contributed by atoms with Crippen molar-refractivity contribution < 1.29 is 9.21 Å². The fraction of sp³-hybridized carbons (Fsp3) is 0.182. The van der Waals surface area contributed by atoms with E-state index >= 15 is 0 Å². The number of rotatable bonds is 4. The molecule has 0 aliphatic heterocycles. The monoisotopic (exact) mass is 249 g/mol. The van der Waals surface area contributed by atoms with Crippen molar-refractivity contribution in [2.24, 2.45) is 0 Å². The van der Waals surface area contributed by atoms with Crippen LogP contribution in [0.2, 0.25) is 0 Å². The first-order chi connectivity index (χ1) is 8.24. The maximum Gasteiger partial charge on any atom is 0.244 e. The SMILES string of the molecule is Cc1nnc(CNC(=O)C=Cc2cccs2)o1. The molecule has 0 aromatic carbocycles. The number of thiophene rings is 1. The Bertz CT molecular complexity index is 517. The molecule has 0 spiro atoms. The van der Waals surface area contributed by atoms with Crippen molar-refractivity contribution >= 4 is 23.3 Å². The minimum absolute atomic E-state index is 0.186. The average molecular weight is 249 g/mol. The fourth-order valence-corrected chi connectivity index (χ4v) is 1.79. The highest BCUT2D eigenvalue weighted by molar-refractivity contribution is 7.10. The van der Waals surface area contributed by atoms with E-state index in [0.29, 0.717) is 11.8 Å². The van der Waals surface area contributed by atoms with E-state index in [9.17, 15) is 4.79 Å². The van der Waals surface area contributed by atoms with Crippen molar-refractivity contribution in [3.05, 3.63) is 40.2 Å². The Morgan fingerprint density at radius 3 is 3.12 bits per heavy atom.